The number of hydrogen-bond donors (Lipinski definition) is 0. The highest BCUT2D eigenvalue weighted by Gasteiger charge is 2.32. The first kappa shape index (κ1) is 18.3. The zero-order valence-electron chi connectivity index (χ0n) is 12.0. The average molecular weight is 335 g/mol. The van der Waals surface area contributed by atoms with Crippen molar-refractivity contribution in [1.82, 2.24) is 0 Å². The van der Waals surface area contributed by atoms with Gasteiger partial charge in [0.05, 0.1) is 17.6 Å². The lowest BCUT2D eigenvalue weighted by Crippen LogP contribution is -2.17. The molecule has 0 N–H and O–H groups in total. The lowest BCUT2D eigenvalue weighted by molar-refractivity contribution is -0.384. The van der Waals surface area contributed by atoms with Gasteiger partial charge in [-0.15, -0.1) is 18.3 Å². The van der Waals surface area contributed by atoms with Gasteiger partial charge in [-0.3, -0.25) is 10.1 Å². The normalized spacial score (nSPS) is 12.9. The fraction of sp³-hybridized carbons (Fsp3) is 0.417. The molecule has 126 valence electrons. The Bertz CT molecular complexity index is 618. The zero-order valence-corrected chi connectivity index (χ0v) is 12.0. The maximum atomic E-state index is 12.1. The van der Waals surface area contributed by atoms with Gasteiger partial charge in [-0.1, -0.05) is 0 Å². The Hall–Kier alpha value is -2.72. The summed E-state index contributed by atoms with van der Waals surface area (Å²) in [6.07, 6.45) is -4.98. The molecule has 0 amide bonds. The van der Waals surface area contributed by atoms with Crippen LogP contribution in [-0.2, 0) is 9.53 Å². The standard InChI is InChI=1S/C12H12F3N3O5/c1-3-22-11(19)7(2)16-17-9-5-4-8(23-12(13,14)15)6-10(9)18(20)21/h4-7H,3H2,1-2H3. The number of azo groups is 1. The van der Waals surface area contributed by atoms with Gasteiger partial charge in [-0.2, -0.15) is 5.11 Å². The minimum atomic E-state index is -4.98. The molecule has 0 bridgehead atoms. The van der Waals surface area contributed by atoms with Crippen LogP contribution in [0.1, 0.15) is 13.8 Å². The number of nitro groups is 1. The SMILES string of the molecule is CCOC(=O)C(C)N=Nc1ccc(OC(F)(F)F)cc1[N+](=O)[O-]. The van der Waals surface area contributed by atoms with Gasteiger partial charge < -0.3 is 9.47 Å². The van der Waals surface area contributed by atoms with E-state index in [4.69, 9.17) is 0 Å². The van der Waals surface area contributed by atoms with Gasteiger partial charge in [0.15, 0.2) is 11.7 Å². The second-order valence-electron chi connectivity index (χ2n) is 4.10. The Morgan fingerprint density at radius 3 is 2.61 bits per heavy atom. The lowest BCUT2D eigenvalue weighted by atomic mass is 10.2. The predicted octanol–water partition coefficient (Wildman–Crippen LogP) is 3.53. The molecule has 0 aromatic heterocycles. The van der Waals surface area contributed by atoms with E-state index in [-0.39, 0.29) is 12.3 Å². The summed E-state index contributed by atoms with van der Waals surface area (Å²) < 4.78 is 44.6. The van der Waals surface area contributed by atoms with Crippen LogP contribution in [0.2, 0.25) is 0 Å². The number of rotatable bonds is 6. The zero-order chi connectivity index (χ0) is 17.6. The molecule has 1 atom stereocenters. The summed E-state index contributed by atoms with van der Waals surface area (Å²) in [4.78, 5) is 21.3. The summed E-state index contributed by atoms with van der Waals surface area (Å²) in [5, 5.41) is 18.0. The molecule has 1 rings (SSSR count). The molecular weight excluding hydrogens is 323 g/mol. The van der Waals surface area contributed by atoms with Gasteiger partial charge in [0.2, 0.25) is 0 Å². The van der Waals surface area contributed by atoms with Crippen molar-refractivity contribution < 1.29 is 32.4 Å². The van der Waals surface area contributed by atoms with Gasteiger partial charge in [0.25, 0.3) is 5.69 Å². The molecule has 0 fully saturated rings. The number of carbonyl (C=O) groups is 1. The average Bonchev–Trinajstić information content (AvgIpc) is 2.43. The Morgan fingerprint density at radius 2 is 2.09 bits per heavy atom. The number of halogens is 3. The summed E-state index contributed by atoms with van der Waals surface area (Å²) in [5.41, 5.74) is -1.06. The third-order valence-electron chi connectivity index (χ3n) is 2.34. The topological polar surface area (TPSA) is 103 Å². The molecule has 0 saturated carbocycles. The van der Waals surface area contributed by atoms with E-state index in [1.54, 1.807) is 6.92 Å². The molecule has 0 saturated heterocycles. The highest BCUT2D eigenvalue weighted by atomic mass is 19.4. The molecule has 11 heteroatoms. The number of nitro benzene ring substituents is 1. The maximum Gasteiger partial charge on any atom is 0.573 e. The third-order valence-corrected chi connectivity index (χ3v) is 2.34. The fourth-order valence-corrected chi connectivity index (χ4v) is 1.39. The molecule has 0 aliphatic carbocycles. The van der Waals surface area contributed by atoms with Crippen LogP contribution in [0.4, 0.5) is 24.5 Å². The quantitative estimate of drug-likeness (QED) is 0.342. The van der Waals surface area contributed by atoms with Crippen LogP contribution >= 0.6 is 0 Å². The van der Waals surface area contributed by atoms with Gasteiger partial charge in [0.1, 0.15) is 5.75 Å². The molecule has 0 aliphatic rings. The van der Waals surface area contributed by atoms with Crippen molar-refractivity contribution in [2.75, 3.05) is 6.61 Å². The van der Waals surface area contributed by atoms with Crippen molar-refractivity contribution in [1.29, 1.82) is 0 Å². The van der Waals surface area contributed by atoms with Gasteiger partial charge in [0, 0.05) is 0 Å². The van der Waals surface area contributed by atoms with Crippen LogP contribution in [0.25, 0.3) is 0 Å². The fourth-order valence-electron chi connectivity index (χ4n) is 1.39. The molecule has 1 aromatic carbocycles. The Morgan fingerprint density at radius 1 is 1.43 bits per heavy atom. The molecule has 0 spiro atoms. The van der Waals surface area contributed by atoms with Crippen molar-refractivity contribution in [3.8, 4) is 5.75 Å². The van der Waals surface area contributed by atoms with Crippen LogP contribution in [0.5, 0.6) is 5.75 Å². The number of nitrogens with zero attached hydrogens (tertiary/aromatic N) is 3. The van der Waals surface area contributed by atoms with Crippen molar-refractivity contribution in [2.45, 2.75) is 26.3 Å². The van der Waals surface area contributed by atoms with Gasteiger partial charge >= 0.3 is 12.3 Å². The molecule has 1 aromatic rings. The first-order valence-corrected chi connectivity index (χ1v) is 6.25. The second kappa shape index (κ2) is 7.51. The van der Waals surface area contributed by atoms with Crippen LogP contribution < -0.4 is 4.74 Å². The Labute approximate surface area is 128 Å². The van der Waals surface area contributed by atoms with Crippen molar-refractivity contribution in [2.24, 2.45) is 10.2 Å². The van der Waals surface area contributed by atoms with E-state index in [0.717, 1.165) is 12.1 Å². The number of esters is 1. The van der Waals surface area contributed by atoms with E-state index in [9.17, 15) is 28.1 Å². The van der Waals surface area contributed by atoms with E-state index >= 15 is 0 Å². The molecule has 0 aliphatic heterocycles. The minimum absolute atomic E-state index is 0.127. The molecular formula is C12H12F3N3O5. The number of ether oxygens (including phenoxy) is 2. The maximum absolute atomic E-state index is 12.1. The summed E-state index contributed by atoms with van der Waals surface area (Å²) in [7, 11) is 0. The minimum Gasteiger partial charge on any atom is -0.464 e. The highest BCUT2D eigenvalue weighted by molar-refractivity contribution is 5.75. The Balaban J connectivity index is 3.03. The predicted molar refractivity (Wildman–Crippen MR) is 70.4 cm³/mol. The number of benzene rings is 1. The molecule has 0 radical (unpaired) electrons. The van der Waals surface area contributed by atoms with Crippen LogP contribution in [0, 0.1) is 10.1 Å². The van der Waals surface area contributed by atoms with Crippen molar-refractivity contribution in [3.63, 3.8) is 0 Å². The van der Waals surface area contributed by atoms with Crippen molar-refractivity contribution in [3.05, 3.63) is 28.3 Å². The molecule has 0 heterocycles. The Kier molecular flexibility index (Phi) is 5.99. The summed E-state index contributed by atoms with van der Waals surface area (Å²) in [6, 6.07) is 1.34. The smallest absolute Gasteiger partial charge is 0.464 e. The number of hydrogen-bond acceptors (Lipinski definition) is 7. The first-order chi connectivity index (χ1) is 10.6. The number of carbonyl (C=O) groups excluding carboxylic acids is 1. The van der Waals surface area contributed by atoms with Crippen LogP contribution in [0.3, 0.4) is 0 Å². The first-order valence-electron chi connectivity index (χ1n) is 6.25. The molecule has 1 unspecified atom stereocenters. The van der Waals surface area contributed by atoms with E-state index in [2.05, 4.69) is 19.7 Å². The summed E-state index contributed by atoms with van der Waals surface area (Å²) in [5.74, 6) is -1.45. The van der Waals surface area contributed by atoms with E-state index in [0.29, 0.717) is 6.07 Å². The number of alkyl halides is 3. The van der Waals surface area contributed by atoms with E-state index in [1.807, 2.05) is 0 Å². The van der Waals surface area contributed by atoms with E-state index in [1.165, 1.54) is 6.92 Å². The van der Waals surface area contributed by atoms with Gasteiger partial charge in [-0.25, -0.2) is 4.79 Å². The highest BCUT2D eigenvalue weighted by Crippen LogP contribution is 2.34. The van der Waals surface area contributed by atoms with Crippen LogP contribution in [-0.4, -0.2) is 29.9 Å². The molecule has 8 nitrogen and oxygen atoms in total. The lowest BCUT2D eigenvalue weighted by Gasteiger charge is -2.08. The summed E-state index contributed by atoms with van der Waals surface area (Å²) in [6.45, 7) is 3.07. The van der Waals surface area contributed by atoms with Gasteiger partial charge in [-0.05, 0) is 26.0 Å². The summed E-state index contributed by atoms with van der Waals surface area (Å²) >= 11 is 0. The van der Waals surface area contributed by atoms with Crippen LogP contribution in [0.15, 0.2) is 28.4 Å². The van der Waals surface area contributed by atoms with Crippen molar-refractivity contribution >= 4 is 17.3 Å². The second-order valence-corrected chi connectivity index (χ2v) is 4.10. The monoisotopic (exact) mass is 335 g/mol. The van der Waals surface area contributed by atoms with E-state index < -0.39 is 34.7 Å². The largest absolute Gasteiger partial charge is 0.573 e. The third kappa shape index (κ3) is 5.88. The molecule has 23 heavy (non-hydrogen) atoms.